The number of ether oxygens (including phenoxy) is 1. The summed E-state index contributed by atoms with van der Waals surface area (Å²) in [5.41, 5.74) is 2.88. The monoisotopic (exact) mass is 382 g/mol. The van der Waals surface area contributed by atoms with Gasteiger partial charge in [-0.3, -0.25) is 4.79 Å². The van der Waals surface area contributed by atoms with E-state index in [9.17, 15) is 4.79 Å². The molecular weight excluding hydrogens is 352 g/mol. The summed E-state index contributed by atoms with van der Waals surface area (Å²) in [5.74, 6) is 1.12. The van der Waals surface area contributed by atoms with Crippen LogP contribution in [0.4, 0.5) is 5.82 Å². The van der Waals surface area contributed by atoms with Crippen LogP contribution < -0.4 is 10.6 Å². The van der Waals surface area contributed by atoms with Crippen molar-refractivity contribution in [2.24, 2.45) is 5.92 Å². The highest BCUT2D eigenvalue weighted by Crippen LogP contribution is 2.19. The number of carbonyl (C=O) groups excluding carboxylic acids is 1. The Bertz CT molecular complexity index is 753. The fourth-order valence-corrected chi connectivity index (χ4v) is 3.35. The van der Waals surface area contributed by atoms with Crippen molar-refractivity contribution in [1.82, 2.24) is 15.5 Å². The molecule has 1 aliphatic heterocycles. The number of amides is 1. The Labute approximate surface area is 167 Å². The summed E-state index contributed by atoms with van der Waals surface area (Å²) in [7, 11) is 0. The topological polar surface area (TPSA) is 76.1 Å². The fourth-order valence-electron chi connectivity index (χ4n) is 3.35. The zero-order valence-electron chi connectivity index (χ0n) is 16.9. The van der Waals surface area contributed by atoms with E-state index in [-0.39, 0.29) is 18.0 Å². The highest BCUT2D eigenvalue weighted by molar-refractivity contribution is 5.92. The summed E-state index contributed by atoms with van der Waals surface area (Å²) in [6, 6.07) is 12.4. The Morgan fingerprint density at radius 1 is 1.07 bits per heavy atom. The lowest BCUT2D eigenvalue weighted by Crippen LogP contribution is -2.39. The van der Waals surface area contributed by atoms with Crippen molar-refractivity contribution in [3.63, 3.8) is 0 Å². The number of aromatic nitrogens is 2. The van der Waals surface area contributed by atoms with Crippen LogP contribution in [-0.4, -0.2) is 35.4 Å². The lowest BCUT2D eigenvalue weighted by atomic mass is 10.00. The number of hydrogen-bond acceptors (Lipinski definition) is 5. The van der Waals surface area contributed by atoms with Crippen molar-refractivity contribution in [3.8, 4) is 0 Å². The Hall–Kier alpha value is -2.47. The van der Waals surface area contributed by atoms with Gasteiger partial charge in [0.1, 0.15) is 5.82 Å². The van der Waals surface area contributed by atoms with E-state index < -0.39 is 0 Å². The number of nitrogens with one attached hydrogen (secondary N) is 2. The third kappa shape index (κ3) is 5.76. The molecule has 6 heteroatoms. The molecule has 2 N–H and O–H groups in total. The van der Waals surface area contributed by atoms with Gasteiger partial charge in [0.05, 0.1) is 0 Å². The first kappa shape index (κ1) is 20.3. The summed E-state index contributed by atoms with van der Waals surface area (Å²) >= 11 is 0. The molecule has 0 bridgehead atoms. The van der Waals surface area contributed by atoms with E-state index in [0.29, 0.717) is 30.6 Å². The lowest BCUT2D eigenvalue weighted by Gasteiger charge is -2.22. The van der Waals surface area contributed by atoms with E-state index in [2.05, 4.69) is 65.9 Å². The van der Waals surface area contributed by atoms with Crippen molar-refractivity contribution >= 4 is 11.7 Å². The molecule has 0 aliphatic carbocycles. The molecule has 3 rings (SSSR count). The van der Waals surface area contributed by atoms with E-state index in [1.807, 2.05) is 0 Å². The maximum absolute atomic E-state index is 12.3. The summed E-state index contributed by atoms with van der Waals surface area (Å²) < 4.78 is 5.31. The second kappa shape index (κ2) is 9.64. The number of benzene rings is 1. The minimum Gasteiger partial charge on any atom is -0.381 e. The van der Waals surface area contributed by atoms with Gasteiger partial charge in [-0.15, -0.1) is 10.2 Å². The number of anilines is 1. The molecule has 6 nitrogen and oxygen atoms in total. The van der Waals surface area contributed by atoms with Crippen LogP contribution in [0.25, 0.3) is 0 Å². The van der Waals surface area contributed by atoms with Crippen LogP contribution in [0.15, 0.2) is 36.4 Å². The minimum absolute atomic E-state index is 0.101. The fraction of sp³-hybridized carbons (Fsp3) is 0.500. The van der Waals surface area contributed by atoms with E-state index >= 15 is 0 Å². The molecule has 0 radical (unpaired) electrons. The van der Waals surface area contributed by atoms with Crippen LogP contribution in [0.2, 0.25) is 0 Å². The van der Waals surface area contributed by atoms with Crippen LogP contribution in [0, 0.1) is 5.92 Å². The minimum atomic E-state index is -0.181. The maximum atomic E-state index is 12.3. The first-order valence-corrected chi connectivity index (χ1v) is 10.1. The van der Waals surface area contributed by atoms with Gasteiger partial charge in [0.15, 0.2) is 5.69 Å². The molecule has 2 aromatic rings. The molecule has 1 aliphatic rings. The second-order valence-corrected chi connectivity index (χ2v) is 7.87. The van der Waals surface area contributed by atoms with Crippen LogP contribution in [-0.2, 0) is 11.2 Å². The molecule has 1 aromatic carbocycles. The van der Waals surface area contributed by atoms with E-state index in [1.165, 1.54) is 11.1 Å². The van der Waals surface area contributed by atoms with Gasteiger partial charge in [0, 0.05) is 25.3 Å². The molecule has 150 valence electrons. The Morgan fingerprint density at radius 2 is 1.79 bits per heavy atom. The molecule has 1 aromatic heterocycles. The predicted octanol–water partition coefficient (Wildman–Crippen LogP) is 3.76. The molecule has 1 unspecified atom stereocenters. The van der Waals surface area contributed by atoms with Gasteiger partial charge < -0.3 is 15.4 Å². The van der Waals surface area contributed by atoms with Crippen molar-refractivity contribution in [2.75, 3.05) is 18.5 Å². The SMILES string of the molecule is CC(C)Cc1ccc(C(C)Nc2ccc(C(=O)NC3CCOCC3)nn2)cc1. The van der Waals surface area contributed by atoms with Crippen molar-refractivity contribution < 1.29 is 9.53 Å². The number of hydrogen-bond donors (Lipinski definition) is 2. The first-order valence-electron chi connectivity index (χ1n) is 10.1. The smallest absolute Gasteiger partial charge is 0.272 e. The lowest BCUT2D eigenvalue weighted by molar-refractivity contribution is 0.0693. The average Bonchev–Trinajstić information content (AvgIpc) is 2.69. The van der Waals surface area contributed by atoms with E-state index in [0.717, 1.165) is 19.3 Å². The molecule has 1 amide bonds. The van der Waals surface area contributed by atoms with E-state index in [4.69, 9.17) is 4.74 Å². The van der Waals surface area contributed by atoms with E-state index in [1.54, 1.807) is 12.1 Å². The predicted molar refractivity (Wildman–Crippen MR) is 110 cm³/mol. The normalized spacial score (nSPS) is 16.0. The standard InChI is InChI=1S/C22H30N4O2/c1-15(2)14-17-4-6-18(7-5-17)16(3)23-21-9-8-20(25-26-21)22(27)24-19-10-12-28-13-11-19/h4-9,15-16,19H,10-14H2,1-3H3,(H,23,26)(H,24,27). The first-order chi connectivity index (χ1) is 13.5. The molecule has 0 spiro atoms. The van der Waals surface area contributed by atoms with Crippen molar-refractivity contribution in [2.45, 2.75) is 52.1 Å². The van der Waals surface area contributed by atoms with Gasteiger partial charge in [-0.1, -0.05) is 38.1 Å². The Balaban J connectivity index is 1.55. The molecule has 1 saturated heterocycles. The molecule has 28 heavy (non-hydrogen) atoms. The largest absolute Gasteiger partial charge is 0.381 e. The number of rotatable bonds is 7. The van der Waals surface area contributed by atoms with Gasteiger partial charge in [0.25, 0.3) is 5.91 Å². The molecular formula is C22H30N4O2. The highest BCUT2D eigenvalue weighted by atomic mass is 16.5. The van der Waals surface area contributed by atoms with Crippen LogP contribution in [0.3, 0.4) is 0 Å². The number of carbonyl (C=O) groups is 1. The van der Waals surface area contributed by atoms with Crippen LogP contribution in [0.1, 0.15) is 61.3 Å². The molecule has 0 saturated carbocycles. The zero-order valence-corrected chi connectivity index (χ0v) is 16.9. The molecule has 2 heterocycles. The number of nitrogens with zero attached hydrogens (tertiary/aromatic N) is 2. The zero-order chi connectivity index (χ0) is 19.9. The third-order valence-electron chi connectivity index (χ3n) is 4.94. The Kier molecular flexibility index (Phi) is 6.98. The summed E-state index contributed by atoms with van der Waals surface area (Å²) in [6.45, 7) is 7.92. The highest BCUT2D eigenvalue weighted by Gasteiger charge is 2.18. The average molecular weight is 383 g/mol. The van der Waals surface area contributed by atoms with Gasteiger partial charge >= 0.3 is 0 Å². The van der Waals surface area contributed by atoms with Gasteiger partial charge in [-0.25, -0.2) is 0 Å². The van der Waals surface area contributed by atoms with Gasteiger partial charge in [-0.2, -0.15) is 0 Å². The second-order valence-electron chi connectivity index (χ2n) is 7.87. The van der Waals surface area contributed by atoms with Crippen LogP contribution in [0.5, 0.6) is 0 Å². The quantitative estimate of drug-likeness (QED) is 0.763. The van der Waals surface area contributed by atoms with Crippen molar-refractivity contribution in [1.29, 1.82) is 0 Å². The van der Waals surface area contributed by atoms with Crippen molar-refractivity contribution in [3.05, 3.63) is 53.2 Å². The summed E-state index contributed by atoms with van der Waals surface area (Å²) in [5, 5.41) is 14.6. The summed E-state index contributed by atoms with van der Waals surface area (Å²) in [6.07, 6.45) is 2.77. The van der Waals surface area contributed by atoms with Crippen LogP contribution >= 0.6 is 0 Å². The summed E-state index contributed by atoms with van der Waals surface area (Å²) in [4.78, 5) is 12.3. The van der Waals surface area contributed by atoms with Gasteiger partial charge in [-0.05, 0) is 55.4 Å². The molecule has 1 fully saturated rings. The third-order valence-corrected chi connectivity index (χ3v) is 4.94. The molecule has 1 atom stereocenters. The Morgan fingerprint density at radius 3 is 2.39 bits per heavy atom. The maximum Gasteiger partial charge on any atom is 0.272 e. The van der Waals surface area contributed by atoms with Gasteiger partial charge in [0.2, 0.25) is 0 Å².